The molecule has 0 rings (SSSR count). The van der Waals surface area contributed by atoms with Crippen LogP contribution in [0.1, 0.15) is 8.35 Å². The number of rotatable bonds is 0. The van der Waals surface area contributed by atoms with Crippen molar-refractivity contribution in [1.82, 2.24) is 0 Å². The average molecular weight is 107 g/mol. The summed E-state index contributed by atoms with van der Waals surface area (Å²) in [4.78, 5) is 0. The van der Waals surface area contributed by atoms with Crippen LogP contribution in [0.5, 0.6) is 0 Å². The zero-order valence-corrected chi connectivity index (χ0v) is 6.47. The molecule has 0 fully saturated rings. The number of nitriles is 1. The monoisotopic (exact) mass is 107 g/mol. The van der Waals surface area contributed by atoms with Gasteiger partial charge in [-0.15, -0.1) is 0 Å². The Hall–Kier alpha value is 0.0300. The van der Waals surface area contributed by atoms with Gasteiger partial charge in [0.25, 0.3) is 0 Å². The number of allylic oxidation sites excluding steroid dienone is 2. The molecule has 0 aromatic rings. The molecule has 0 radical (unpaired) electrons. The summed E-state index contributed by atoms with van der Waals surface area (Å²) >= 11 is 0. The summed E-state index contributed by atoms with van der Waals surface area (Å²) in [6.07, 6.45) is 1.07. The molecule has 7 heavy (non-hydrogen) atoms. The van der Waals surface area contributed by atoms with E-state index >= 15 is 0 Å². The summed E-state index contributed by atoms with van der Waals surface area (Å²) in [7, 11) is 0. The third-order valence-corrected chi connectivity index (χ3v) is 0.273. The Balaban J connectivity index is -0.000000125. The summed E-state index contributed by atoms with van der Waals surface area (Å²) in [6, 6.07) is 1.66. The fourth-order valence-corrected chi connectivity index (χ4v) is 0.0934. The molecule has 0 atom stereocenters. The summed E-state index contributed by atoms with van der Waals surface area (Å²) in [5, 5.41) is 15.9. The van der Waals surface area contributed by atoms with E-state index in [4.69, 9.17) is 10.4 Å². The molecule has 1 N–H and O–H groups in total. The maximum Gasteiger partial charge on any atom is 1.00 e. The molecule has 0 aliphatic carbocycles. The van der Waals surface area contributed by atoms with Crippen LogP contribution in [0.2, 0.25) is 0 Å². The number of nitrogens with zero attached hydrogens (tertiary/aromatic N) is 1. The van der Waals surface area contributed by atoms with Crippen LogP contribution in [-0.4, -0.2) is 5.11 Å². The van der Waals surface area contributed by atoms with Crippen LogP contribution in [-0.2, 0) is 0 Å². The van der Waals surface area contributed by atoms with Gasteiger partial charge in [-0.25, -0.2) is 0 Å². The Morgan fingerprint density at radius 3 is 2.43 bits per heavy atom. The van der Waals surface area contributed by atoms with Gasteiger partial charge in [0.1, 0.15) is 0 Å². The molecule has 2 nitrogen and oxygen atoms in total. The van der Waals surface area contributed by atoms with Crippen molar-refractivity contribution in [3.05, 3.63) is 11.8 Å². The molecular formula is C4H6NNaO. The SMILES string of the molecule is CC(O)=CC#N.[H-].[Na+]. The zero-order valence-electron chi connectivity index (χ0n) is 5.47. The fourth-order valence-electron chi connectivity index (χ4n) is 0.0934. The van der Waals surface area contributed by atoms with Crippen LogP contribution in [0.4, 0.5) is 0 Å². The molecule has 0 aliphatic rings. The zero-order chi connectivity index (χ0) is 4.99. The van der Waals surface area contributed by atoms with E-state index in [-0.39, 0.29) is 36.7 Å². The summed E-state index contributed by atoms with van der Waals surface area (Å²) < 4.78 is 0. The molecule has 0 saturated heterocycles. The molecule has 0 aliphatic heterocycles. The second-order valence-electron chi connectivity index (χ2n) is 0.915. The van der Waals surface area contributed by atoms with Crippen molar-refractivity contribution in [2.24, 2.45) is 0 Å². The van der Waals surface area contributed by atoms with Gasteiger partial charge < -0.3 is 6.53 Å². The van der Waals surface area contributed by atoms with Crippen molar-refractivity contribution in [2.75, 3.05) is 0 Å². The third-order valence-electron chi connectivity index (χ3n) is 0.273. The maximum absolute atomic E-state index is 8.19. The number of aliphatic hydroxyl groups excluding tert-OH is 1. The molecule has 0 amide bonds. The van der Waals surface area contributed by atoms with E-state index in [1.54, 1.807) is 6.07 Å². The van der Waals surface area contributed by atoms with E-state index in [1.807, 2.05) is 0 Å². The van der Waals surface area contributed by atoms with Gasteiger partial charge in [0, 0.05) is 0 Å². The molecule has 0 heterocycles. The minimum absolute atomic E-state index is 0. The Morgan fingerprint density at radius 1 is 2.00 bits per heavy atom. The first kappa shape index (κ1) is 10.1. The largest absolute Gasteiger partial charge is 1.00 e. The Morgan fingerprint density at radius 2 is 2.43 bits per heavy atom. The number of hydrogen-bond donors (Lipinski definition) is 1. The average Bonchev–Trinajstić information content (AvgIpc) is 1.35. The molecule has 34 valence electrons. The minimum atomic E-state index is 0. The second kappa shape index (κ2) is 6.03. The van der Waals surface area contributed by atoms with Crippen LogP contribution >= 0.6 is 0 Å². The molecule has 0 unspecified atom stereocenters. The van der Waals surface area contributed by atoms with Crippen LogP contribution < -0.4 is 29.6 Å². The van der Waals surface area contributed by atoms with Crippen molar-refractivity contribution < 1.29 is 36.1 Å². The quantitative estimate of drug-likeness (QED) is 0.223. The van der Waals surface area contributed by atoms with Gasteiger partial charge in [-0.3, -0.25) is 0 Å². The van der Waals surface area contributed by atoms with Crippen LogP contribution in [0.25, 0.3) is 0 Å². The van der Waals surface area contributed by atoms with Crippen molar-refractivity contribution in [3.8, 4) is 6.07 Å². The molecule has 3 heteroatoms. The predicted molar refractivity (Wildman–Crippen MR) is 23.1 cm³/mol. The minimum Gasteiger partial charge on any atom is -1.00 e. The normalized spacial score (nSPS) is 8.86. The molecule has 0 bridgehead atoms. The predicted octanol–water partition coefficient (Wildman–Crippen LogP) is -1.91. The molecule has 0 saturated carbocycles. The van der Waals surface area contributed by atoms with E-state index in [0.717, 1.165) is 6.08 Å². The number of aliphatic hydroxyl groups is 1. The summed E-state index contributed by atoms with van der Waals surface area (Å²) in [5.41, 5.74) is 0. The first-order valence-corrected chi connectivity index (χ1v) is 1.52. The van der Waals surface area contributed by atoms with E-state index in [1.165, 1.54) is 6.92 Å². The van der Waals surface area contributed by atoms with E-state index in [2.05, 4.69) is 0 Å². The molecule has 0 spiro atoms. The van der Waals surface area contributed by atoms with E-state index in [9.17, 15) is 0 Å². The van der Waals surface area contributed by atoms with Gasteiger partial charge in [0.2, 0.25) is 0 Å². The van der Waals surface area contributed by atoms with Crippen LogP contribution in [0.15, 0.2) is 11.8 Å². The van der Waals surface area contributed by atoms with Gasteiger partial charge in [-0.05, 0) is 6.92 Å². The fraction of sp³-hybridized carbons (Fsp3) is 0.250. The Bertz CT molecular complexity index is 103. The smallest absolute Gasteiger partial charge is 1.00 e. The number of hydrogen-bond acceptors (Lipinski definition) is 2. The standard InChI is InChI=1S/C4H5NO.Na.H/c1-4(6)2-3-5;;/h2,6H,1H3;;/q;+1;-1. The Kier molecular flexibility index (Phi) is 8.70. The third kappa shape index (κ3) is 10.7. The van der Waals surface area contributed by atoms with E-state index < -0.39 is 0 Å². The van der Waals surface area contributed by atoms with Gasteiger partial charge in [-0.1, -0.05) is 0 Å². The van der Waals surface area contributed by atoms with Gasteiger partial charge in [0.15, 0.2) is 0 Å². The molecule has 0 aromatic carbocycles. The van der Waals surface area contributed by atoms with Crippen molar-refractivity contribution in [3.63, 3.8) is 0 Å². The summed E-state index contributed by atoms with van der Waals surface area (Å²) in [6.45, 7) is 1.45. The first-order valence-electron chi connectivity index (χ1n) is 1.52. The topological polar surface area (TPSA) is 44.0 Å². The first-order chi connectivity index (χ1) is 2.77. The Labute approximate surface area is 66.2 Å². The van der Waals surface area contributed by atoms with Crippen LogP contribution in [0, 0.1) is 11.3 Å². The van der Waals surface area contributed by atoms with Gasteiger partial charge in [-0.2, -0.15) is 5.26 Å². The molecular weight excluding hydrogens is 101 g/mol. The van der Waals surface area contributed by atoms with E-state index in [0.29, 0.717) is 0 Å². The van der Waals surface area contributed by atoms with Crippen molar-refractivity contribution in [2.45, 2.75) is 6.92 Å². The molecule has 0 aromatic heterocycles. The van der Waals surface area contributed by atoms with Gasteiger partial charge >= 0.3 is 29.6 Å². The van der Waals surface area contributed by atoms with Crippen LogP contribution in [0.3, 0.4) is 0 Å². The van der Waals surface area contributed by atoms with Crippen molar-refractivity contribution >= 4 is 0 Å². The van der Waals surface area contributed by atoms with Crippen molar-refractivity contribution in [1.29, 1.82) is 5.26 Å². The van der Waals surface area contributed by atoms with Gasteiger partial charge in [0.05, 0.1) is 17.9 Å². The second-order valence-corrected chi connectivity index (χ2v) is 0.915. The maximum atomic E-state index is 8.19. The summed E-state index contributed by atoms with van der Waals surface area (Å²) in [5.74, 6) is 0.0532.